The number of hydrogen-bond acceptors (Lipinski definition) is 4. The van der Waals surface area contributed by atoms with Crippen LogP contribution in [0.1, 0.15) is 15.9 Å². The second kappa shape index (κ2) is 6.10. The molecule has 2 aromatic rings. The van der Waals surface area contributed by atoms with Crippen LogP contribution in [0, 0.1) is 15.9 Å². The van der Waals surface area contributed by atoms with Crippen LogP contribution in [0.4, 0.5) is 15.8 Å². The van der Waals surface area contributed by atoms with Gasteiger partial charge in [-0.1, -0.05) is 12.1 Å². The highest BCUT2D eigenvalue weighted by molar-refractivity contribution is 6.07. The van der Waals surface area contributed by atoms with Crippen molar-refractivity contribution in [1.29, 1.82) is 0 Å². The summed E-state index contributed by atoms with van der Waals surface area (Å²) in [7, 11) is 0. The Kier molecular flexibility index (Phi) is 4.24. The van der Waals surface area contributed by atoms with E-state index in [1.165, 1.54) is 6.07 Å². The molecule has 7 heteroatoms. The number of carbonyl (C=O) groups is 1. The molecule has 2 aromatic carbocycles. The van der Waals surface area contributed by atoms with Gasteiger partial charge in [0.05, 0.1) is 11.5 Å². The predicted molar refractivity (Wildman–Crippen MR) is 73.4 cm³/mol. The Morgan fingerprint density at radius 2 is 2.05 bits per heavy atom. The van der Waals surface area contributed by atoms with Crippen LogP contribution in [0.25, 0.3) is 0 Å². The van der Waals surface area contributed by atoms with Gasteiger partial charge in [0.15, 0.2) is 0 Å². The van der Waals surface area contributed by atoms with Gasteiger partial charge in [-0.2, -0.15) is 0 Å². The lowest BCUT2D eigenvalue weighted by Gasteiger charge is -2.07. The normalized spacial score (nSPS) is 10.2. The Balaban J connectivity index is 2.31. The lowest BCUT2D eigenvalue weighted by atomic mass is 10.1. The van der Waals surface area contributed by atoms with Crippen LogP contribution in [-0.4, -0.2) is 15.9 Å². The number of halogens is 1. The maximum absolute atomic E-state index is 13.2. The van der Waals surface area contributed by atoms with Gasteiger partial charge in [-0.15, -0.1) is 0 Å². The van der Waals surface area contributed by atoms with Crippen molar-refractivity contribution in [3.63, 3.8) is 0 Å². The van der Waals surface area contributed by atoms with E-state index in [0.717, 1.165) is 18.2 Å². The third kappa shape index (κ3) is 3.40. The summed E-state index contributed by atoms with van der Waals surface area (Å²) >= 11 is 0. The molecule has 108 valence electrons. The van der Waals surface area contributed by atoms with Gasteiger partial charge in [0.2, 0.25) is 0 Å². The molecule has 0 spiro atoms. The quantitative estimate of drug-likeness (QED) is 0.668. The zero-order chi connectivity index (χ0) is 15.4. The summed E-state index contributed by atoms with van der Waals surface area (Å²) in [6, 6.07) is 9.01. The highest BCUT2D eigenvalue weighted by Crippen LogP contribution is 2.21. The molecule has 0 saturated heterocycles. The maximum Gasteiger partial charge on any atom is 0.282 e. The van der Waals surface area contributed by atoms with Crippen molar-refractivity contribution in [3.05, 3.63) is 69.5 Å². The number of nitro benzene ring substituents is 1. The van der Waals surface area contributed by atoms with Crippen LogP contribution in [0.2, 0.25) is 0 Å². The van der Waals surface area contributed by atoms with Gasteiger partial charge in [0.25, 0.3) is 11.6 Å². The fourth-order valence-electron chi connectivity index (χ4n) is 1.80. The second-order valence-electron chi connectivity index (χ2n) is 4.23. The lowest BCUT2D eigenvalue weighted by molar-refractivity contribution is -0.385. The summed E-state index contributed by atoms with van der Waals surface area (Å²) in [5, 5.41) is 22.3. The number of carbonyl (C=O) groups excluding carboxylic acids is 1. The summed E-state index contributed by atoms with van der Waals surface area (Å²) in [5.41, 5.74) is 0.0771. The van der Waals surface area contributed by atoms with Crippen molar-refractivity contribution >= 4 is 17.3 Å². The molecule has 1 amide bonds. The van der Waals surface area contributed by atoms with Gasteiger partial charge in [0.1, 0.15) is 11.4 Å². The zero-order valence-electron chi connectivity index (χ0n) is 10.7. The Labute approximate surface area is 119 Å². The van der Waals surface area contributed by atoms with E-state index in [9.17, 15) is 19.3 Å². The van der Waals surface area contributed by atoms with Crippen molar-refractivity contribution in [2.75, 3.05) is 5.32 Å². The molecular weight excluding hydrogens is 279 g/mol. The molecule has 2 N–H and O–H groups in total. The number of amides is 1. The smallest absolute Gasteiger partial charge is 0.282 e. The third-order valence-electron chi connectivity index (χ3n) is 2.77. The number of nitrogens with zero attached hydrogens (tertiary/aromatic N) is 1. The summed E-state index contributed by atoms with van der Waals surface area (Å²) in [6.07, 6.45) is 0. The van der Waals surface area contributed by atoms with E-state index < -0.39 is 22.3 Å². The van der Waals surface area contributed by atoms with Crippen LogP contribution in [0.3, 0.4) is 0 Å². The molecule has 0 aliphatic carbocycles. The van der Waals surface area contributed by atoms with Crippen molar-refractivity contribution in [2.24, 2.45) is 0 Å². The van der Waals surface area contributed by atoms with E-state index in [2.05, 4.69) is 5.32 Å². The molecular formula is C14H11FN2O4. The monoisotopic (exact) mass is 290 g/mol. The van der Waals surface area contributed by atoms with Gasteiger partial charge in [-0.05, 0) is 29.8 Å². The molecule has 0 fully saturated rings. The number of nitrogens with one attached hydrogen (secondary N) is 1. The van der Waals surface area contributed by atoms with Crippen molar-refractivity contribution in [1.82, 2.24) is 0 Å². The molecule has 0 atom stereocenters. The molecule has 0 aliphatic heterocycles. The van der Waals surface area contributed by atoms with Crippen molar-refractivity contribution < 1.29 is 19.2 Å². The highest BCUT2D eigenvalue weighted by Gasteiger charge is 2.21. The minimum atomic E-state index is -0.795. The molecule has 0 heterocycles. The van der Waals surface area contributed by atoms with Gasteiger partial charge >= 0.3 is 0 Å². The minimum Gasteiger partial charge on any atom is -0.392 e. The third-order valence-corrected chi connectivity index (χ3v) is 2.77. The van der Waals surface area contributed by atoms with Crippen LogP contribution in [0.5, 0.6) is 0 Å². The Hall–Kier alpha value is -2.80. The van der Waals surface area contributed by atoms with Crippen molar-refractivity contribution in [2.45, 2.75) is 6.61 Å². The van der Waals surface area contributed by atoms with Crippen LogP contribution in [-0.2, 0) is 6.61 Å². The Morgan fingerprint density at radius 3 is 2.71 bits per heavy atom. The zero-order valence-corrected chi connectivity index (χ0v) is 10.7. The van der Waals surface area contributed by atoms with Crippen LogP contribution < -0.4 is 5.32 Å². The lowest BCUT2D eigenvalue weighted by Crippen LogP contribution is -2.14. The van der Waals surface area contributed by atoms with E-state index in [0.29, 0.717) is 11.3 Å². The average Bonchev–Trinajstić information content (AvgIpc) is 2.47. The standard InChI is InChI=1S/C14H11FN2O4/c15-10-4-5-13(17(20)21)12(7-10)14(19)16-11-3-1-2-9(6-11)8-18/h1-7,18H,8H2,(H,16,19). The SMILES string of the molecule is O=C(Nc1cccc(CO)c1)c1cc(F)ccc1[N+](=O)[O-]. The molecule has 0 aliphatic rings. The Bertz CT molecular complexity index is 703. The number of hydrogen-bond donors (Lipinski definition) is 2. The van der Waals surface area contributed by atoms with Gasteiger partial charge in [0, 0.05) is 11.8 Å². The van der Waals surface area contributed by atoms with E-state index in [-0.39, 0.29) is 12.2 Å². The van der Waals surface area contributed by atoms with E-state index in [1.54, 1.807) is 18.2 Å². The topological polar surface area (TPSA) is 92.5 Å². The summed E-state index contributed by atoms with van der Waals surface area (Å²) in [4.78, 5) is 22.2. The Morgan fingerprint density at radius 1 is 1.29 bits per heavy atom. The molecule has 6 nitrogen and oxygen atoms in total. The fourth-order valence-corrected chi connectivity index (χ4v) is 1.80. The van der Waals surface area contributed by atoms with E-state index in [4.69, 9.17) is 5.11 Å². The first-order valence-corrected chi connectivity index (χ1v) is 5.96. The fraction of sp³-hybridized carbons (Fsp3) is 0.0714. The van der Waals surface area contributed by atoms with Gasteiger partial charge in [-0.25, -0.2) is 4.39 Å². The molecule has 21 heavy (non-hydrogen) atoms. The first-order chi connectivity index (χ1) is 10.0. The second-order valence-corrected chi connectivity index (χ2v) is 4.23. The summed E-state index contributed by atoms with van der Waals surface area (Å²) in [5.74, 6) is -1.54. The molecule has 2 rings (SSSR count). The number of aliphatic hydroxyl groups excluding tert-OH is 1. The van der Waals surface area contributed by atoms with Crippen molar-refractivity contribution in [3.8, 4) is 0 Å². The molecule has 0 unspecified atom stereocenters. The van der Waals surface area contributed by atoms with E-state index >= 15 is 0 Å². The maximum atomic E-state index is 13.2. The largest absolute Gasteiger partial charge is 0.392 e. The highest BCUT2D eigenvalue weighted by atomic mass is 19.1. The number of anilines is 1. The first kappa shape index (κ1) is 14.6. The molecule has 0 saturated carbocycles. The van der Waals surface area contributed by atoms with Gasteiger partial charge < -0.3 is 10.4 Å². The first-order valence-electron chi connectivity index (χ1n) is 5.96. The summed E-state index contributed by atoms with van der Waals surface area (Å²) in [6.45, 7) is -0.205. The number of benzene rings is 2. The van der Waals surface area contributed by atoms with E-state index in [1.807, 2.05) is 0 Å². The minimum absolute atomic E-state index is 0.205. The number of aliphatic hydroxyl groups is 1. The number of rotatable bonds is 4. The van der Waals surface area contributed by atoms with Crippen LogP contribution >= 0.6 is 0 Å². The van der Waals surface area contributed by atoms with Crippen LogP contribution in [0.15, 0.2) is 42.5 Å². The van der Waals surface area contributed by atoms with Gasteiger partial charge in [-0.3, -0.25) is 14.9 Å². The number of nitro groups is 1. The predicted octanol–water partition coefficient (Wildman–Crippen LogP) is 2.48. The average molecular weight is 290 g/mol. The summed E-state index contributed by atoms with van der Waals surface area (Å²) < 4.78 is 13.2. The molecule has 0 aromatic heterocycles. The molecule has 0 radical (unpaired) electrons. The molecule has 0 bridgehead atoms.